The zero-order valence-electron chi connectivity index (χ0n) is 8.16. The molecule has 0 radical (unpaired) electrons. The molecule has 2 rings (SSSR count). The first-order chi connectivity index (χ1) is 6.90. The number of aromatic nitrogens is 2. The van der Waals surface area contributed by atoms with Crippen LogP contribution in [0.5, 0.6) is 0 Å². The number of rotatable bonds is 3. The third kappa shape index (κ3) is 2.28. The van der Waals surface area contributed by atoms with Gasteiger partial charge in [0.2, 0.25) is 0 Å². The van der Waals surface area contributed by atoms with E-state index in [4.69, 9.17) is 16.3 Å². The van der Waals surface area contributed by atoms with Crippen molar-refractivity contribution in [3.63, 3.8) is 0 Å². The van der Waals surface area contributed by atoms with Crippen LogP contribution in [0.3, 0.4) is 0 Å². The summed E-state index contributed by atoms with van der Waals surface area (Å²) in [5.74, 6) is 1.16. The average Bonchev–Trinajstić information content (AvgIpc) is 2.67. The van der Waals surface area contributed by atoms with Crippen molar-refractivity contribution in [3.8, 4) is 0 Å². The third-order valence-electron chi connectivity index (χ3n) is 2.64. The van der Waals surface area contributed by atoms with Gasteiger partial charge in [-0.15, -0.1) is 11.6 Å². The minimum absolute atomic E-state index is 0.535. The largest absolute Gasteiger partial charge is 0.381 e. The van der Waals surface area contributed by atoms with Crippen LogP contribution in [0.2, 0.25) is 0 Å². The molecule has 1 saturated heterocycles. The van der Waals surface area contributed by atoms with Crippen molar-refractivity contribution in [2.24, 2.45) is 5.92 Å². The maximum atomic E-state index is 5.80. The van der Waals surface area contributed by atoms with E-state index in [-0.39, 0.29) is 0 Å². The van der Waals surface area contributed by atoms with Gasteiger partial charge in [-0.1, -0.05) is 0 Å². The maximum Gasteiger partial charge on any atom is 0.0948 e. The first kappa shape index (κ1) is 9.99. The van der Waals surface area contributed by atoms with Crippen LogP contribution in [0.4, 0.5) is 0 Å². The number of halogens is 1. The van der Waals surface area contributed by atoms with Crippen molar-refractivity contribution in [2.75, 3.05) is 13.2 Å². The summed E-state index contributed by atoms with van der Waals surface area (Å²) in [6.45, 7) is 2.78. The average molecular weight is 215 g/mol. The number of nitrogens with zero attached hydrogens (tertiary/aromatic N) is 2. The molecule has 0 N–H and O–H groups in total. The van der Waals surface area contributed by atoms with Gasteiger partial charge >= 0.3 is 0 Å². The van der Waals surface area contributed by atoms with Gasteiger partial charge in [-0.2, -0.15) is 0 Å². The van der Waals surface area contributed by atoms with E-state index in [1.54, 1.807) is 0 Å². The molecule has 3 nitrogen and oxygen atoms in total. The first-order valence-electron chi connectivity index (χ1n) is 5.03. The first-order valence-corrected chi connectivity index (χ1v) is 5.56. The molecule has 4 heteroatoms. The van der Waals surface area contributed by atoms with E-state index in [1.165, 1.54) is 12.8 Å². The van der Waals surface area contributed by atoms with Crippen molar-refractivity contribution in [1.29, 1.82) is 0 Å². The van der Waals surface area contributed by atoms with Gasteiger partial charge in [0.25, 0.3) is 0 Å². The number of alkyl halides is 1. The summed E-state index contributed by atoms with van der Waals surface area (Å²) < 4.78 is 7.57. The molecule has 0 amide bonds. The lowest BCUT2D eigenvalue weighted by molar-refractivity contribution is 0.0481. The second-order valence-electron chi connectivity index (χ2n) is 3.75. The minimum Gasteiger partial charge on any atom is -0.381 e. The fraction of sp³-hybridized carbons (Fsp3) is 0.700. The van der Waals surface area contributed by atoms with Crippen LogP contribution in [-0.2, 0) is 17.2 Å². The highest BCUT2D eigenvalue weighted by atomic mass is 35.5. The molecule has 14 heavy (non-hydrogen) atoms. The van der Waals surface area contributed by atoms with Gasteiger partial charge in [0.05, 0.1) is 24.5 Å². The summed E-state index contributed by atoms with van der Waals surface area (Å²) in [6.07, 6.45) is 6.11. The molecule has 1 aromatic heterocycles. The molecule has 1 unspecified atom stereocenters. The highest BCUT2D eigenvalue weighted by Crippen LogP contribution is 2.17. The summed E-state index contributed by atoms with van der Waals surface area (Å²) in [4.78, 5) is 4.10. The van der Waals surface area contributed by atoms with Crippen LogP contribution in [0.25, 0.3) is 0 Å². The molecule has 1 aliphatic heterocycles. The number of hydrogen-bond acceptors (Lipinski definition) is 2. The molecule has 0 bridgehead atoms. The maximum absolute atomic E-state index is 5.80. The monoisotopic (exact) mass is 214 g/mol. The SMILES string of the molecule is ClCc1cncn1CC1CCCOC1. The molecule has 2 heterocycles. The molecule has 1 fully saturated rings. The Kier molecular flexibility index (Phi) is 3.43. The Bertz CT molecular complexity index is 281. The molecule has 0 aromatic carbocycles. The number of imidazole rings is 1. The normalized spacial score (nSPS) is 22.5. The lowest BCUT2D eigenvalue weighted by Crippen LogP contribution is -2.22. The Morgan fingerprint density at radius 3 is 3.29 bits per heavy atom. The Labute approximate surface area is 89.0 Å². The van der Waals surface area contributed by atoms with Gasteiger partial charge in [0.1, 0.15) is 0 Å². The van der Waals surface area contributed by atoms with Crippen LogP contribution >= 0.6 is 11.6 Å². The zero-order valence-corrected chi connectivity index (χ0v) is 8.91. The molecule has 1 aromatic rings. The van der Waals surface area contributed by atoms with Crippen LogP contribution in [-0.4, -0.2) is 22.8 Å². The molecule has 0 saturated carbocycles. The summed E-state index contributed by atoms with van der Waals surface area (Å²) in [5, 5.41) is 0. The van der Waals surface area contributed by atoms with Gasteiger partial charge in [0, 0.05) is 25.3 Å². The van der Waals surface area contributed by atoms with Gasteiger partial charge in [-0.3, -0.25) is 0 Å². The van der Waals surface area contributed by atoms with Crippen molar-refractivity contribution >= 4 is 11.6 Å². The van der Waals surface area contributed by atoms with Crippen LogP contribution in [0, 0.1) is 5.92 Å². The lowest BCUT2D eigenvalue weighted by atomic mass is 10.0. The Morgan fingerprint density at radius 1 is 1.64 bits per heavy atom. The van der Waals surface area contributed by atoms with Crippen LogP contribution in [0.15, 0.2) is 12.5 Å². The summed E-state index contributed by atoms with van der Waals surface area (Å²) >= 11 is 5.80. The highest BCUT2D eigenvalue weighted by molar-refractivity contribution is 6.16. The Morgan fingerprint density at radius 2 is 2.57 bits per heavy atom. The zero-order chi connectivity index (χ0) is 9.80. The fourth-order valence-corrected chi connectivity index (χ4v) is 2.08. The molecule has 1 atom stereocenters. The van der Waals surface area contributed by atoms with Crippen molar-refractivity contribution < 1.29 is 4.74 Å². The number of hydrogen-bond donors (Lipinski definition) is 0. The lowest BCUT2D eigenvalue weighted by Gasteiger charge is -2.22. The van der Waals surface area contributed by atoms with E-state index in [9.17, 15) is 0 Å². The smallest absolute Gasteiger partial charge is 0.0948 e. The van der Waals surface area contributed by atoms with E-state index < -0.39 is 0 Å². The van der Waals surface area contributed by atoms with Crippen LogP contribution in [0.1, 0.15) is 18.5 Å². The van der Waals surface area contributed by atoms with Gasteiger partial charge in [-0.25, -0.2) is 4.98 Å². The standard InChI is InChI=1S/C10H15ClN2O/c11-4-10-5-12-8-13(10)6-9-2-1-3-14-7-9/h5,8-9H,1-4,6-7H2. The second-order valence-corrected chi connectivity index (χ2v) is 4.02. The van der Waals surface area contributed by atoms with Gasteiger partial charge in [0.15, 0.2) is 0 Å². The molecule has 0 spiro atoms. The molecular formula is C10H15ClN2O. The Balaban J connectivity index is 1.95. The van der Waals surface area contributed by atoms with E-state index in [2.05, 4.69) is 9.55 Å². The summed E-state index contributed by atoms with van der Waals surface area (Å²) in [5.41, 5.74) is 1.09. The minimum atomic E-state index is 0.535. The second kappa shape index (κ2) is 4.80. The summed E-state index contributed by atoms with van der Waals surface area (Å²) in [7, 11) is 0. The fourth-order valence-electron chi connectivity index (χ4n) is 1.85. The highest BCUT2D eigenvalue weighted by Gasteiger charge is 2.15. The van der Waals surface area contributed by atoms with E-state index >= 15 is 0 Å². The quantitative estimate of drug-likeness (QED) is 0.721. The van der Waals surface area contributed by atoms with E-state index in [0.29, 0.717) is 11.8 Å². The Hall–Kier alpha value is -0.540. The topological polar surface area (TPSA) is 27.1 Å². The van der Waals surface area contributed by atoms with Crippen molar-refractivity contribution in [3.05, 3.63) is 18.2 Å². The van der Waals surface area contributed by atoms with E-state index in [0.717, 1.165) is 25.5 Å². The molecule has 0 aliphatic carbocycles. The van der Waals surface area contributed by atoms with E-state index in [1.807, 2.05) is 12.5 Å². The van der Waals surface area contributed by atoms with Crippen molar-refractivity contribution in [1.82, 2.24) is 9.55 Å². The predicted molar refractivity (Wildman–Crippen MR) is 55.3 cm³/mol. The molecule has 1 aliphatic rings. The molecule has 78 valence electrons. The summed E-state index contributed by atoms with van der Waals surface area (Å²) in [6, 6.07) is 0. The van der Waals surface area contributed by atoms with Crippen molar-refractivity contribution in [2.45, 2.75) is 25.3 Å². The third-order valence-corrected chi connectivity index (χ3v) is 2.92. The van der Waals surface area contributed by atoms with Gasteiger partial charge < -0.3 is 9.30 Å². The van der Waals surface area contributed by atoms with Crippen LogP contribution < -0.4 is 0 Å². The van der Waals surface area contributed by atoms with Gasteiger partial charge in [-0.05, 0) is 12.8 Å². The number of ether oxygens (including phenoxy) is 1. The predicted octanol–water partition coefficient (Wildman–Crippen LogP) is 2.05. The molecular weight excluding hydrogens is 200 g/mol.